The molecule has 2 nitrogen and oxygen atoms in total. The molecular weight excluding hydrogens is 279 g/mol. The Morgan fingerprint density at radius 3 is 2.77 bits per heavy atom. The van der Waals surface area contributed by atoms with Crippen LogP contribution in [0.5, 0.6) is 0 Å². The highest BCUT2D eigenvalue weighted by Gasteiger charge is 2.72. The smallest absolute Gasteiger partial charge is 0.309 e. The molecule has 7 atom stereocenters. The Hall–Kier alpha value is 0.200. The predicted octanol–water partition coefficient (Wildman–Crippen LogP) is 1.62. The standard InChI is InChI=1S/C10H11IO2/c11-8-5-3-1-2-4(5)7-6(3)9(8)13-10(7)12/h3-9H,1-2H2/t3-,4+,5-,6-,7-,8-,9+/m1/s1. The summed E-state index contributed by atoms with van der Waals surface area (Å²) in [6, 6.07) is 0. The molecule has 1 aliphatic heterocycles. The van der Waals surface area contributed by atoms with Crippen molar-refractivity contribution in [2.24, 2.45) is 29.6 Å². The van der Waals surface area contributed by atoms with E-state index in [1.807, 2.05) is 0 Å². The zero-order valence-corrected chi connectivity index (χ0v) is 9.31. The lowest BCUT2D eigenvalue weighted by atomic mass is 9.76. The summed E-state index contributed by atoms with van der Waals surface area (Å²) >= 11 is 2.52. The normalized spacial score (nSPS) is 66.2. The van der Waals surface area contributed by atoms with Gasteiger partial charge in [-0.3, -0.25) is 4.79 Å². The van der Waals surface area contributed by atoms with Crippen molar-refractivity contribution in [2.45, 2.75) is 22.9 Å². The number of ether oxygens (including phenoxy) is 1. The van der Waals surface area contributed by atoms with Gasteiger partial charge in [0.25, 0.3) is 0 Å². The van der Waals surface area contributed by atoms with Crippen molar-refractivity contribution in [1.29, 1.82) is 0 Å². The molecule has 0 amide bonds. The second-order valence-corrected chi connectivity index (χ2v) is 6.37. The van der Waals surface area contributed by atoms with E-state index < -0.39 is 0 Å². The zero-order valence-electron chi connectivity index (χ0n) is 7.15. The largest absolute Gasteiger partial charge is 0.461 e. The number of esters is 1. The molecule has 1 heterocycles. The van der Waals surface area contributed by atoms with Gasteiger partial charge < -0.3 is 4.74 Å². The number of alkyl halides is 1. The summed E-state index contributed by atoms with van der Waals surface area (Å²) in [5.41, 5.74) is 0. The molecule has 4 rings (SSSR count). The van der Waals surface area contributed by atoms with E-state index in [9.17, 15) is 4.79 Å². The number of rotatable bonds is 0. The van der Waals surface area contributed by atoms with E-state index >= 15 is 0 Å². The molecule has 0 aromatic carbocycles. The van der Waals surface area contributed by atoms with E-state index in [1.54, 1.807) is 0 Å². The van der Waals surface area contributed by atoms with E-state index in [2.05, 4.69) is 22.6 Å². The van der Waals surface area contributed by atoms with Crippen molar-refractivity contribution < 1.29 is 9.53 Å². The van der Waals surface area contributed by atoms with Crippen molar-refractivity contribution in [3.05, 3.63) is 0 Å². The highest BCUT2D eigenvalue weighted by molar-refractivity contribution is 14.1. The number of hydrogen-bond donors (Lipinski definition) is 0. The van der Waals surface area contributed by atoms with Crippen LogP contribution in [0.4, 0.5) is 0 Å². The second-order valence-electron chi connectivity index (χ2n) is 4.93. The van der Waals surface area contributed by atoms with Crippen molar-refractivity contribution in [2.75, 3.05) is 0 Å². The maximum atomic E-state index is 11.6. The molecule has 70 valence electrons. The molecule has 4 aliphatic rings. The fourth-order valence-corrected chi connectivity index (χ4v) is 6.24. The quantitative estimate of drug-likeness (QED) is 0.385. The van der Waals surface area contributed by atoms with Crippen LogP contribution in [-0.4, -0.2) is 16.0 Å². The van der Waals surface area contributed by atoms with Crippen molar-refractivity contribution >= 4 is 28.6 Å². The number of halogens is 1. The number of carbonyl (C=O) groups is 1. The van der Waals surface area contributed by atoms with Crippen LogP contribution in [0.15, 0.2) is 0 Å². The zero-order chi connectivity index (χ0) is 8.74. The maximum Gasteiger partial charge on any atom is 0.309 e. The van der Waals surface area contributed by atoms with Crippen LogP contribution in [0.2, 0.25) is 0 Å². The topological polar surface area (TPSA) is 26.3 Å². The Morgan fingerprint density at radius 1 is 1.23 bits per heavy atom. The molecule has 1 saturated heterocycles. The molecule has 0 aromatic rings. The van der Waals surface area contributed by atoms with Gasteiger partial charge in [-0.25, -0.2) is 0 Å². The van der Waals surface area contributed by atoms with Crippen LogP contribution in [0.25, 0.3) is 0 Å². The molecule has 0 N–H and O–H groups in total. The minimum atomic E-state index is 0.131. The van der Waals surface area contributed by atoms with Gasteiger partial charge in [-0.1, -0.05) is 22.6 Å². The van der Waals surface area contributed by atoms with Gasteiger partial charge in [-0.15, -0.1) is 0 Å². The lowest BCUT2D eigenvalue weighted by Crippen LogP contribution is -2.33. The van der Waals surface area contributed by atoms with E-state index in [4.69, 9.17) is 4.74 Å². The van der Waals surface area contributed by atoms with Gasteiger partial charge in [0.2, 0.25) is 0 Å². The minimum Gasteiger partial charge on any atom is -0.461 e. The molecule has 3 heteroatoms. The summed E-state index contributed by atoms with van der Waals surface area (Å²) in [4.78, 5) is 11.6. The summed E-state index contributed by atoms with van der Waals surface area (Å²) in [6.07, 6.45) is 2.95. The Balaban J connectivity index is 1.91. The summed E-state index contributed by atoms with van der Waals surface area (Å²) in [5.74, 6) is 3.44. The molecule has 0 spiro atoms. The Morgan fingerprint density at radius 2 is 2.00 bits per heavy atom. The highest BCUT2D eigenvalue weighted by Crippen LogP contribution is 2.69. The fourth-order valence-electron chi connectivity index (χ4n) is 4.55. The van der Waals surface area contributed by atoms with Crippen LogP contribution in [0, 0.1) is 29.6 Å². The van der Waals surface area contributed by atoms with Crippen LogP contribution < -0.4 is 0 Å². The number of fused-ring (bicyclic) bond motifs is 1. The Labute approximate surface area is 90.5 Å². The van der Waals surface area contributed by atoms with E-state index in [0.717, 1.165) is 11.8 Å². The third-order valence-corrected chi connectivity index (χ3v) is 6.32. The van der Waals surface area contributed by atoms with Crippen molar-refractivity contribution in [3.63, 3.8) is 0 Å². The first-order valence-electron chi connectivity index (χ1n) is 5.13. The lowest BCUT2D eigenvalue weighted by molar-refractivity contribution is -0.143. The molecular formula is C10H11IO2. The fraction of sp³-hybridized carbons (Fsp3) is 0.900. The third kappa shape index (κ3) is 0.621. The van der Waals surface area contributed by atoms with Gasteiger partial charge in [0.1, 0.15) is 6.10 Å². The maximum absolute atomic E-state index is 11.6. The molecule has 3 saturated carbocycles. The van der Waals surface area contributed by atoms with Gasteiger partial charge in [-0.05, 0) is 30.6 Å². The summed E-state index contributed by atoms with van der Waals surface area (Å²) in [7, 11) is 0. The van der Waals surface area contributed by atoms with E-state index in [1.165, 1.54) is 12.8 Å². The molecule has 4 fully saturated rings. The van der Waals surface area contributed by atoms with Gasteiger partial charge >= 0.3 is 5.97 Å². The molecule has 0 unspecified atom stereocenters. The first-order chi connectivity index (χ1) is 6.29. The predicted molar refractivity (Wildman–Crippen MR) is 54.4 cm³/mol. The first kappa shape index (κ1) is 7.49. The summed E-state index contributed by atoms with van der Waals surface area (Å²) in [5, 5.41) is 0. The van der Waals surface area contributed by atoms with Gasteiger partial charge in [-0.2, -0.15) is 0 Å². The third-order valence-electron chi connectivity index (χ3n) is 4.78. The monoisotopic (exact) mass is 290 g/mol. The van der Waals surface area contributed by atoms with Crippen LogP contribution in [0.1, 0.15) is 12.8 Å². The minimum absolute atomic E-state index is 0.131. The SMILES string of the molecule is O=C1O[C@@H]2[C@H](I)[C@H]3[C@@H]4CC[C@H]3[C@@H]2[C@H]14. The average molecular weight is 290 g/mol. The molecule has 0 radical (unpaired) electrons. The Kier molecular flexibility index (Phi) is 1.19. The highest BCUT2D eigenvalue weighted by atomic mass is 127. The lowest BCUT2D eigenvalue weighted by Gasteiger charge is -2.27. The van der Waals surface area contributed by atoms with Gasteiger partial charge in [0.15, 0.2) is 0 Å². The average Bonchev–Trinajstić information content (AvgIpc) is 2.75. The number of carbonyl (C=O) groups excluding carboxylic acids is 1. The molecule has 0 aromatic heterocycles. The molecule has 4 bridgehead atoms. The van der Waals surface area contributed by atoms with E-state index in [0.29, 0.717) is 27.8 Å². The Bertz CT molecular complexity index is 303. The molecule has 13 heavy (non-hydrogen) atoms. The van der Waals surface area contributed by atoms with Crippen molar-refractivity contribution in [3.8, 4) is 0 Å². The summed E-state index contributed by atoms with van der Waals surface area (Å²) < 4.78 is 6.11. The van der Waals surface area contributed by atoms with Crippen LogP contribution in [-0.2, 0) is 9.53 Å². The molecule has 3 aliphatic carbocycles. The van der Waals surface area contributed by atoms with Crippen LogP contribution >= 0.6 is 22.6 Å². The van der Waals surface area contributed by atoms with Crippen molar-refractivity contribution in [1.82, 2.24) is 0 Å². The second kappa shape index (κ2) is 2.07. The van der Waals surface area contributed by atoms with Gasteiger partial charge in [0, 0.05) is 5.92 Å². The number of hydrogen-bond acceptors (Lipinski definition) is 2. The first-order valence-corrected chi connectivity index (χ1v) is 6.38. The summed E-state index contributed by atoms with van der Waals surface area (Å²) in [6.45, 7) is 0. The van der Waals surface area contributed by atoms with Crippen LogP contribution in [0.3, 0.4) is 0 Å². The van der Waals surface area contributed by atoms with Gasteiger partial charge in [0.05, 0.1) is 9.84 Å². The van der Waals surface area contributed by atoms with E-state index in [-0.39, 0.29) is 5.97 Å².